The number of ether oxygens (including phenoxy) is 1. The van der Waals surface area contributed by atoms with Crippen molar-refractivity contribution in [2.24, 2.45) is 0 Å². The van der Waals surface area contributed by atoms with Crippen molar-refractivity contribution in [1.82, 2.24) is 0 Å². The van der Waals surface area contributed by atoms with Gasteiger partial charge < -0.3 is 19.6 Å². The number of likely N-dealkylation sites (tertiary alicyclic amines) is 1. The van der Waals surface area contributed by atoms with E-state index in [-0.39, 0.29) is 30.7 Å². The SMILES string of the molecule is C[N+]1(C)CCC(OC(=O)Nc2cc(CCCC(=O)Nc3ccc(CO)cc3F)ccc2-c2ccccc2)CC1. The number of aliphatic hydroxyl groups excluding tert-OH is 1. The third kappa shape index (κ3) is 8.12. The van der Waals surface area contributed by atoms with E-state index in [9.17, 15) is 14.0 Å². The number of hydrogen-bond donors (Lipinski definition) is 3. The fourth-order valence-corrected chi connectivity index (χ4v) is 4.80. The highest BCUT2D eigenvalue weighted by Gasteiger charge is 2.28. The Kier molecular flexibility index (Phi) is 9.32. The molecule has 39 heavy (non-hydrogen) atoms. The monoisotopic (exact) mass is 534 g/mol. The molecule has 2 amide bonds. The number of nitrogens with one attached hydrogen (secondary N) is 2. The van der Waals surface area contributed by atoms with Crippen molar-refractivity contribution in [3.05, 3.63) is 83.7 Å². The molecule has 0 saturated carbocycles. The second kappa shape index (κ2) is 12.9. The number of piperidine rings is 1. The van der Waals surface area contributed by atoms with Crippen LogP contribution in [0.2, 0.25) is 0 Å². The molecule has 0 bridgehead atoms. The Morgan fingerprint density at radius 3 is 2.36 bits per heavy atom. The Balaban J connectivity index is 1.38. The predicted molar refractivity (Wildman–Crippen MR) is 151 cm³/mol. The summed E-state index contributed by atoms with van der Waals surface area (Å²) in [5, 5.41) is 14.7. The molecule has 1 fully saturated rings. The second-order valence-corrected chi connectivity index (χ2v) is 10.7. The van der Waals surface area contributed by atoms with E-state index < -0.39 is 11.9 Å². The molecule has 1 saturated heterocycles. The standard InChI is InChI=1S/C31H36FN3O4/c1-35(2)17-15-25(16-18-35)39-31(38)34-29-20-22(11-13-26(29)24-8-4-3-5-9-24)7-6-10-30(37)33-28-14-12-23(21-36)19-27(28)32/h3-5,8-9,11-14,19-20,25,36H,6-7,10,15-18,21H2,1-2H3,(H-,33,34,37,38)/p+1. The zero-order valence-corrected chi connectivity index (χ0v) is 22.6. The Hall–Kier alpha value is -3.75. The van der Waals surface area contributed by atoms with E-state index in [4.69, 9.17) is 9.84 Å². The molecule has 8 heteroatoms. The lowest BCUT2D eigenvalue weighted by Crippen LogP contribution is -2.48. The Morgan fingerprint density at radius 1 is 0.949 bits per heavy atom. The molecule has 4 rings (SSSR count). The van der Waals surface area contributed by atoms with Gasteiger partial charge in [0.15, 0.2) is 0 Å². The van der Waals surface area contributed by atoms with Crippen molar-refractivity contribution in [3.63, 3.8) is 0 Å². The van der Waals surface area contributed by atoms with E-state index in [1.165, 1.54) is 12.1 Å². The number of quaternary nitrogens is 1. The van der Waals surface area contributed by atoms with Gasteiger partial charge in [0.1, 0.15) is 11.9 Å². The second-order valence-electron chi connectivity index (χ2n) is 10.7. The maximum atomic E-state index is 14.1. The van der Waals surface area contributed by atoms with Crippen molar-refractivity contribution in [1.29, 1.82) is 0 Å². The lowest BCUT2D eigenvalue weighted by molar-refractivity contribution is -0.896. The van der Waals surface area contributed by atoms with Gasteiger partial charge in [-0.15, -0.1) is 0 Å². The Bertz CT molecular complexity index is 1290. The van der Waals surface area contributed by atoms with Crippen LogP contribution in [0.3, 0.4) is 0 Å². The maximum absolute atomic E-state index is 14.1. The van der Waals surface area contributed by atoms with Crippen molar-refractivity contribution in [3.8, 4) is 11.1 Å². The molecule has 7 nitrogen and oxygen atoms in total. The van der Waals surface area contributed by atoms with Crippen LogP contribution in [-0.4, -0.2) is 54.9 Å². The first-order chi connectivity index (χ1) is 18.7. The van der Waals surface area contributed by atoms with Crippen molar-refractivity contribution in [2.45, 2.75) is 44.8 Å². The highest BCUT2D eigenvalue weighted by atomic mass is 19.1. The molecule has 206 valence electrons. The van der Waals surface area contributed by atoms with Crippen molar-refractivity contribution < 1.29 is 28.3 Å². The lowest BCUT2D eigenvalue weighted by Gasteiger charge is -2.36. The molecule has 0 atom stereocenters. The van der Waals surface area contributed by atoms with Crippen LogP contribution in [-0.2, 0) is 22.6 Å². The van der Waals surface area contributed by atoms with Crippen LogP contribution in [0.5, 0.6) is 0 Å². The number of aryl methyl sites for hydroxylation is 1. The first-order valence-corrected chi connectivity index (χ1v) is 13.4. The molecule has 3 aromatic rings. The summed E-state index contributed by atoms with van der Waals surface area (Å²) in [6.45, 7) is 1.68. The summed E-state index contributed by atoms with van der Waals surface area (Å²) in [5.74, 6) is -0.868. The minimum atomic E-state index is -0.579. The topological polar surface area (TPSA) is 87.7 Å². The molecule has 0 spiro atoms. The van der Waals surface area contributed by atoms with Gasteiger partial charge in [-0.25, -0.2) is 9.18 Å². The van der Waals surface area contributed by atoms with Gasteiger partial charge in [0.2, 0.25) is 5.91 Å². The van der Waals surface area contributed by atoms with Gasteiger partial charge >= 0.3 is 6.09 Å². The number of benzene rings is 3. The average molecular weight is 535 g/mol. The summed E-state index contributed by atoms with van der Waals surface area (Å²) in [6, 6.07) is 19.9. The van der Waals surface area contributed by atoms with E-state index in [1.807, 2.05) is 48.5 Å². The Labute approximate surface area is 229 Å². The summed E-state index contributed by atoms with van der Waals surface area (Å²) in [4.78, 5) is 25.2. The molecule has 0 radical (unpaired) electrons. The van der Waals surface area contributed by atoms with Crippen LogP contribution in [0, 0.1) is 5.82 Å². The zero-order valence-electron chi connectivity index (χ0n) is 22.6. The summed E-state index contributed by atoms with van der Waals surface area (Å²) >= 11 is 0. The first kappa shape index (κ1) is 28.3. The molecule has 3 N–H and O–H groups in total. The van der Waals surface area contributed by atoms with Crippen LogP contribution in [0.1, 0.15) is 36.8 Å². The van der Waals surface area contributed by atoms with Crippen LogP contribution in [0.25, 0.3) is 11.1 Å². The molecule has 0 aliphatic carbocycles. The van der Waals surface area contributed by atoms with E-state index >= 15 is 0 Å². The molecule has 3 aromatic carbocycles. The number of nitrogens with zero attached hydrogens (tertiary/aromatic N) is 1. The summed E-state index contributed by atoms with van der Waals surface area (Å²) in [6.07, 6.45) is 2.48. The zero-order chi connectivity index (χ0) is 27.8. The third-order valence-electron chi connectivity index (χ3n) is 7.15. The van der Waals surface area contributed by atoms with E-state index in [2.05, 4.69) is 24.7 Å². The summed E-state index contributed by atoms with van der Waals surface area (Å²) < 4.78 is 20.8. The third-order valence-corrected chi connectivity index (χ3v) is 7.15. The fourth-order valence-electron chi connectivity index (χ4n) is 4.80. The largest absolute Gasteiger partial charge is 0.446 e. The van der Waals surface area contributed by atoms with Gasteiger partial charge in [0, 0.05) is 24.8 Å². The summed E-state index contributed by atoms with van der Waals surface area (Å²) in [5.41, 5.74) is 4.02. The van der Waals surface area contributed by atoms with Crippen LogP contribution >= 0.6 is 0 Å². The number of aliphatic hydroxyl groups is 1. The van der Waals surface area contributed by atoms with E-state index in [1.54, 1.807) is 6.07 Å². The van der Waals surface area contributed by atoms with E-state index in [0.29, 0.717) is 24.1 Å². The van der Waals surface area contributed by atoms with Crippen molar-refractivity contribution in [2.75, 3.05) is 37.8 Å². The molecule has 1 aliphatic heterocycles. The number of rotatable bonds is 9. The molecular weight excluding hydrogens is 497 g/mol. The van der Waals surface area contributed by atoms with Crippen LogP contribution < -0.4 is 10.6 Å². The summed E-state index contributed by atoms with van der Waals surface area (Å²) in [7, 11) is 4.37. The highest BCUT2D eigenvalue weighted by molar-refractivity contribution is 5.92. The number of anilines is 2. The van der Waals surface area contributed by atoms with Gasteiger partial charge in [-0.2, -0.15) is 0 Å². The maximum Gasteiger partial charge on any atom is 0.411 e. The molecule has 1 heterocycles. The van der Waals surface area contributed by atoms with Gasteiger partial charge in [0.05, 0.1) is 45.2 Å². The normalized spacial score (nSPS) is 15.0. The smallest absolute Gasteiger partial charge is 0.411 e. The minimum Gasteiger partial charge on any atom is -0.446 e. The van der Waals surface area contributed by atoms with Crippen molar-refractivity contribution >= 4 is 23.4 Å². The van der Waals surface area contributed by atoms with Gasteiger partial charge in [-0.05, 0) is 47.7 Å². The van der Waals surface area contributed by atoms with Crippen LogP contribution in [0.15, 0.2) is 66.7 Å². The number of carbonyl (C=O) groups excluding carboxylic acids is 2. The van der Waals surface area contributed by atoms with Gasteiger partial charge in [-0.1, -0.05) is 48.5 Å². The predicted octanol–water partition coefficient (Wildman–Crippen LogP) is 5.73. The quantitative estimate of drug-likeness (QED) is 0.306. The number of carbonyl (C=O) groups is 2. The highest BCUT2D eigenvalue weighted by Crippen LogP contribution is 2.30. The molecular formula is C31H37FN3O4+. The minimum absolute atomic E-state index is 0.0925. The number of amides is 2. The van der Waals surface area contributed by atoms with Crippen LogP contribution in [0.4, 0.5) is 20.6 Å². The molecule has 0 aromatic heterocycles. The fraction of sp³-hybridized carbons (Fsp3) is 0.355. The van der Waals surface area contributed by atoms with E-state index in [0.717, 1.165) is 47.1 Å². The van der Waals surface area contributed by atoms with Gasteiger partial charge in [-0.3, -0.25) is 10.1 Å². The Morgan fingerprint density at radius 2 is 1.67 bits per heavy atom. The lowest BCUT2D eigenvalue weighted by atomic mass is 9.99. The average Bonchev–Trinajstić information content (AvgIpc) is 2.91. The molecule has 0 unspecified atom stereocenters. The number of halogens is 1. The molecule has 1 aliphatic rings. The first-order valence-electron chi connectivity index (χ1n) is 13.4. The number of hydrogen-bond acceptors (Lipinski definition) is 4. The van der Waals surface area contributed by atoms with Gasteiger partial charge in [0.25, 0.3) is 0 Å².